The van der Waals surface area contributed by atoms with Gasteiger partial charge < -0.3 is 5.73 Å². The number of rotatable bonds is 6. The van der Waals surface area contributed by atoms with E-state index in [4.69, 9.17) is 17.3 Å². The van der Waals surface area contributed by atoms with Crippen LogP contribution in [0.4, 0.5) is 0 Å². The summed E-state index contributed by atoms with van der Waals surface area (Å²) in [6, 6.07) is 17.7. The maximum atomic E-state index is 12.5. The summed E-state index contributed by atoms with van der Waals surface area (Å²) >= 11 is 6.18. The molecule has 2 aromatic carbocycles. The molecule has 0 spiro atoms. The van der Waals surface area contributed by atoms with Gasteiger partial charge in [-0.1, -0.05) is 54.1 Å². The summed E-state index contributed by atoms with van der Waals surface area (Å²) in [5, 5.41) is 0.712. The third kappa shape index (κ3) is 4.72. The van der Waals surface area contributed by atoms with Crippen molar-refractivity contribution in [3.05, 3.63) is 70.7 Å². The molecule has 0 heterocycles. The molecule has 1 aliphatic rings. The predicted molar refractivity (Wildman–Crippen MR) is 111 cm³/mol. The highest BCUT2D eigenvalue weighted by molar-refractivity contribution is 7.88. The summed E-state index contributed by atoms with van der Waals surface area (Å²) < 4.78 is 26.6. The Morgan fingerprint density at radius 1 is 1.11 bits per heavy atom. The summed E-state index contributed by atoms with van der Waals surface area (Å²) in [5.41, 5.74) is 8.21. The predicted octanol–water partition coefficient (Wildman–Crippen LogP) is 3.94. The van der Waals surface area contributed by atoms with E-state index in [-0.39, 0.29) is 11.5 Å². The van der Waals surface area contributed by atoms with Crippen LogP contribution in [0.3, 0.4) is 0 Å². The molecule has 0 atom stereocenters. The minimum absolute atomic E-state index is 0.000865. The van der Waals surface area contributed by atoms with Crippen LogP contribution >= 0.6 is 11.6 Å². The minimum Gasteiger partial charge on any atom is -0.330 e. The van der Waals surface area contributed by atoms with Gasteiger partial charge in [0.1, 0.15) is 0 Å². The van der Waals surface area contributed by atoms with Gasteiger partial charge in [0.15, 0.2) is 0 Å². The summed E-state index contributed by atoms with van der Waals surface area (Å²) in [4.78, 5) is 0. The number of hydrogen-bond acceptors (Lipinski definition) is 3. The van der Waals surface area contributed by atoms with Crippen molar-refractivity contribution < 1.29 is 8.42 Å². The first kappa shape index (κ1) is 20.3. The highest BCUT2D eigenvalue weighted by Gasteiger charge is 2.39. The van der Waals surface area contributed by atoms with Crippen molar-refractivity contribution in [2.45, 2.75) is 43.7 Å². The van der Waals surface area contributed by atoms with E-state index in [9.17, 15) is 8.42 Å². The summed E-state index contributed by atoms with van der Waals surface area (Å²) in [6.07, 6.45) is 4.61. The minimum atomic E-state index is -3.30. The lowest BCUT2D eigenvalue weighted by molar-refractivity contribution is 0.189. The molecule has 146 valence electrons. The van der Waals surface area contributed by atoms with E-state index in [1.54, 1.807) is 4.31 Å². The zero-order valence-corrected chi connectivity index (χ0v) is 17.2. The van der Waals surface area contributed by atoms with Crippen molar-refractivity contribution in [3.8, 4) is 0 Å². The number of nitrogens with two attached hydrogens (primary N) is 1. The molecule has 1 saturated carbocycles. The van der Waals surface area contributed by atoms with Gasteiger partial charge in [0.2, 0.25) is 10.0 Å². The van der Waals surface area contributed by atoms with Gasteiger partial charge in [0, 0.05) is 29.6 Å². The van der Waals surface area contributed by atoms with E-state index < -0.39 is 10.0 Å². The Labute approximate surface area is 167 Å². The zero-order chi connectivity index (χ0) is 19.5. The second-order valence-corrected chi connectivity index (χ2v) is 9.89. The van der Waals surface area contributed by atoms with E-state index in [1.165, 1.54) is 6.26 Å². The smallest absolute Gasteiger partial charge is 0.211 e. The van der Waals surface area contributed by atoms with Gasteiger partial charge >= 0.3 is 0 Å². The maximum Gasteiger partial charge on any atom is 0.211 e. The Morgan fingerprint density at radius 3 is 2.33 bits per heavy atom. The number of sulfonamides is 1. The fraction of sp³-hybridized carbons (Fsp3) is 0.429. The van der Waals surface area contributed by atoms with Crippen molar-refractivity contribution in [2.24, 2.45) is 5.73 Å². The first-order valence-corrected chi connectivity index (χ1v) is 11.5. The van der Waals surface area contributed by atoms with Gasteiger partial charge in [-0.2, -0.15) is 4.31 Å². The van der Waals surface area contributed by atoms with Crippen LogP contribution in [0.5, 0.6) is 0 Å². The number of hydrogen-bond donors (Lipinski definition) is 1. The molecule has 3 rings (SSSR count). The van der Waals surface area contributed by atoms with Crippen LogP contribution in [0.25, 0.3) is 0 Å². The van der Waals surface area contributed by atoms with Crippen LogP contribution in [0.2, 0.25) is 5.02 Å². The molecule has 27 heavy (non-hydrogen) atoms. The lowest BCUT2D eigenvalue weighted by Crippen LogP contribution is -2.47. The molecule has 6 heteroatoms. The quantitative estimate of drug-likeness (QED) is 0.790. The topological polar surface area (TPSA) is 63.4 Å². The van der Waals surface area contributed by atoms with Crippen LogP contribution in [-0.2, 0) is 22.0 Å². The molecule has 1 aliphatic carbocycles. The molecule has 4 nitrogen and oxygen atoms in total. The molecular formula is C21H27ClN2O2S. The van der Waals surface area contributed by atoms with E-state index >= 15 is 0 Å². The fourth-order valence-corrected chi connectivity index (χ4v) is 5.48. The zero-order valence-electron chi connectivity index (χ0n) is 15.6. The molecule has 1 fully saturated rings. The Morgan fingerprint density at radius 2 is 1.78 bits per heavy atom. The van der Waals surface area contributed by atoms with Gasteiger partial charge in [0.05, 0.1) is 6.26 Å². The highest BCUT2D eigenvalue weighted by atomic mass is 35.5. The van der Waals surface area contributed by atoms with Crippen molar-refractivity contribution in [1.29, 1.82) is 0 Å². The van der Waals surface area contributed by atoms with Crippen LogP contribution in [0.15, 0.2) is 54.6 Å². The normalized spacial score (nSPS) is 23.5. The van der Waals surface area contributed by atoms with Crippen molar-refractivity contribution in [1.82, 2.24) is 4.31 Å². The molecule has 2 N–H and O–H groups in total. The van der Waals surface area contributed by atoms with E-state index in [1.807, 2.05) is 48.5 Å². The molecule has 0 aliphatic heterocycles. The third-order valence-corrected chi connectivity index (χ3v) is 7.27. The molecule has 0 unspecified atom stereocenters. The first-order valence-electron chi connectivity index (χ1n) is 9.31. The van der Waals surface area contributed by atoms with Gasteiger partial charge in [-0.3, -0.25) is 0 Å². The fourth-order valence-electron chi connectivity index (χ4n) is 4.15. The first-order chi connectivity index (χ1) is 12.8. The number of nitrogens with zero attached hydrogens (tertiary/aromatic N) is 1. The number of benzene rings is 2. The Hall–Kier alpha value is -1.40. The standard InChI is InChI=1S/C21H27ClN2O2S/c1-27(25,26)24(15-17-6-3-2-4-7-17)20-10-12-21(16-23,13-11-20)18-8-5-9-19(22)14-18/h2-9,14,20H,10-13,15-16,23H2,1H3. The van der Waals surface area contributed by atoms with Gasteiger partial charge in [-0.25, -0.2) is 8.42 Å². The molecule has 0 saturated heterocycles. The second-order valence-electron chi connectivity index (χ2n) is 7.52. The molecule has 2 aromatic rings. The molecular weight excluding hydrogens is 380 g/mol. The van der Waals surface area contributed by atoms with Crippen LogP contribution < -0.4 is 5.73 Å². The third-order valence-electron chi connectivity index (χ3n) is 5.75. The van der Waals surface area contributed by atoms with Gasteiger partial charge in [-0.15, -0.1) is 0 Å². The lowest BCUT2D eigenvalue weighted by Gasteiger charge is -2.43. The van der Waals surface area contributed by atoms with Crippen molar-refractivity contribution >= 4 is 21.6 Å². The maximum absolute atomic E-state index is 12.5. The molecule has 0 radical (unpaired) electrons. The molecule has 0 bridgehead atoms. The Bertz CT molecular complexity index is 863. The largest absolute Gasteiger partial charge is 0.330 e. The van der Waals surface area contributed by atoms with Crippen LogP contribution in [-0.4, -0.2) is 31.6 Å². The number of halogens is 1. The van der Waals surface area contributed by atoms with E-state index in [0.717, 1.165) is 36.8 Å². The van der Waals surface area contributed by atoms with E-state index in [2.05, 4.69) is 6.07 Å². The SMILES string of the molecule is CS(=O)(=O)N(Cc1ccccc1)C1CCC(CN)(c2cccc(Cl)c2)CC1. The van der Waals surface area contributed by atoms with Crippen LogP contribution in [0.1, 0.15) is 36.8 Å². The average molecular weight is 407 g/mol. The molecule has 0 aromatic heterocycles. The van der Waals surface area contributed by atoms with Gasteiger partial charge in [-0.05, 0) is 48.9 Å². The van der Waals surface area contributed by atoms with Gasteiger partial charge in [0.25, 0.3) is 0 Å². The van der Waals surface area contributed by atoms with Crippen molar-refractivity contribution in [2.75, 3.05) is 12.8 Å². The lowest BCUT2D eigenvalue weighted by atomic mass is 9.68. The average Bonchev–Trinajstić information content (AvgIpc) is 2.66. The summed E-state index contributed by atoms with van der Waals surface area (Å²) in [6.45, 7) is 0.953. The summed E-state index contributed by atoms with van der Waals surface area (Å²) in [7, 11) is -3.30. The Balaban J connectivity index is 1.79. The Kier molecular flexibility index (Phi) is 6.26. The van der Waals surface area contributed by atoms with Crippen molar-refractivity contribution in [3.63, 3.8) is 0 Å². The van der Waals surface area contributed by atoms with E-state index in [0.29, 0.717) is 18.1 Å². The molecule has 0 amide bonds. The summed E-state index contributed by atoms with van der Waals surface area (Å²) in [5.74, 6) is 0. The monoisotopic (exact) mass is 406 g/mol. The van der Waals surface area contributed by atoms with Crippen LogP contribution in [0, 0.1) is 0 Å². The highest BCUT2D eigenvalue weighted by Crippen LogP contribution is 2.41. The second kappa shape index (κ2) is 8.31.